The number of amides is 1. The summed E-state index contributed by atoms with van der Waals surface area (Å²) < 4.78 is 27.1. The van der Waals surface area contributed by atoms with Crippen LogP contribution in [-0.4, -0.2) is 25.8 Å². The molecule has 2 aromatic heterocycles. The number of rotatable bonds is 1. The van der Waals surface area contributed by atoms with E-state index < -0.39 is 6.55 Å². The molecule has 0 saturated carbocycles. The van der Waals surface area contributed by atoms with Gasteiger partial charge in [0.2, 0.25) is 5.91 Å². The van der Waals surface area contributed by atoms with Crippen LogP contribution in [0.25, 0.3) is 17.0 Å². The molecule has 1 aliphatic heterocycles. The van der Waals surface area contributed by atoms with E-state index in [1.54, 1.807) is 13.0 Å². The SMILES string of the molecule is CC1CC/C=C(/O)c2cc(ccn2)-c2c(cnn2C(F)F)NC1=O. The third kappa shape index (κ3) is 2.99. The smallest absolute Gasteiger partial charge is 0.333 e. The van der Waals surface area contributed by atoms with Crippen molar-refractivity contribution < 1.29 is 18.7 Å². The molecule has 8 heteroatoms. The molecular weight excluding hydrogens is 318 g/mol. The Hall–Kier alpha value is -2.77. The van der Waals surface area contributed by atoms with Gasteiger partial charge < -0.3 is 10.4 Å². The highest BCUT2D eigenvalue weighted by molar-refractivity contribution is 5.96. The molecule has 1 unspecified atom stereocenters. The molecule has 0 saturated heterocycles. The van der Waals surface area contributed by atoms with Gasteiger partial charge in [-0.2, -0.15) is 13.9 Å². The molecule has 2 aromatic rings. The highest BCUT2D eigenvalue weighted by Gasteiger charge is 2.23. The highest BCUT2D eigenvalue weighted by Crippen LogP contribution is 2.33. The molecule has 0 aliphatic carbocycles. The highest BCUT2D eigenvalue weighted by atomic mass is 19.3. The number of carbonyl (C=O) groups excluding carboxylic acids is 1. The Bertz CT molecular complexity index is 801. The van der Waals surface area contributed by atoms with E-state index in [0.29, 0.717) is 23.1 Å². The normalized spacial score (nSPS) is 20.4. The quantitative estimate of drug-likeness (QED) is 0.835. The first-order valence-electron chi connectivity index (χ1n) is 7.50. The number of hydrogen-bond donors (Lipinski definition) is 2. The Morgan fingerprint density at radius 1 is 1.46 bits per heavy atom. The zero-order chi connectivity index (χ0) is 17.3. The van der Waals surface area contributed by atoms with E-state index in [2.05, 4.69) is 15.4 Å². The van der Waals surface area contributed by atoms with Crippen molar-refractivity contribution in [3.8, 4) is 11.3 Å². The van der Waals surface area contributed by atoms with Crippen molar-refractivity contribution in [3.05, 3.63) is 36.3 Å². The van der Waals surface area contributed by atoms with Crippen molar-refractivity contribution >= 4 is 17.4 Å². The fourth-order valence-electron chi connectivity index (χ4n) is 2.57. The fourth-order valence-corrected chi connectivity index (χ4v) is 2.57. The molecular formula is C16H16F2N4O2. The van der Waals surface area contributed by atoms with Gasteiger partial charge >= 0.3 is 6.55 Å². The maximum absolute atomic E-state index is 13.3. The summed E-state index contributed by atoms with van der Waals surface area (Å²) in [5.41, 5.74) is 0.928. The molecule has 0 aromatic carbocycles. The summed E-state index contributed by atoms with van der Waals surface area (Å²) in [5, 5.41) is 16.5. The molecule has 24 heavy (non-hydrogen) atoms. The number of fused-ring (bicyclic) bond motifs is 4. The summed E-state index contributed by atoms with van der Waals surface area (Å²) in [6, 6.07) is 3.01. The lowest BCUT2D eigenvalue weighted by atomic mass is 10.0. The Labute approximate surface area is 136 Å². The Kier molecular flexibility index (Phi) is 4.28. The predicted molar refractivity (Wildman–Crippen MR) is 84.3 cm³/mol. The fraction of sp³-hybridized carbons (Fsp3) is 0.312. The Morgan fingerprint density at radius 2 is 2.25 bits per heavy atom. The van der Waals surface area contributed by atoms with Crippen molar-refractivity contribution in [2.24, 2.45) is 5.92 Å². The zero-order valence-electron chi connectivity index (χ0n) is 12.9. The van der Waals surface area contributed by atoms with Gasteiger partial charge in [0, 0.05) is 17.7 Å². The molecule has 0 fully saturated rings. The number of aliphatic hydroxyl groups excluding tert-OH is 1. The van der Waals surface area contributed by atoms with Crippen LogP contribution in [0.5, 0.6) is 0 Å². The number of halogens is 2. The van der Waals surface area contributed by atoms with Crippen LogP contribution in [0.2, 0.25) is 0 Å². The molecule has 126 valence electrons. The summed E-state index contributed by atoms with van der Waals surface area (Å²) in [7, 11) is 0. The lowest BCUT2D eigenvalue weighted by Crippen LogP contribution is -2.20. The Morgan fingerprint density at radius 3 is 3.00 bits per heavy atom. The number of aromatic nitrogens is 3. The maximum Gasteiger partial charge on any atom is 0.333 e. The van der Waals surface area contributed by atoms with Crippen LogP contribution >= 0.6 is 0 Å². The second kappa shape index (κ2) is 6.38. The molecule has 3 heterocycles. The van der Waals surface area contributed by atoms with Gasteiger partial charge in [-0.1, -0.05) is 6.92 Å². The number of anilines is 1. The summed E-state index contributed by atoms with van der Waals surface area (Å²) in [5.74, 6) is -0.676. The number of alkyl halides is 2. The van der Waals surface area contributed by atoms with E-state index in [1.807, 2.05) is 0 Å². The molecule has 6 nitrogen and oxygen atoms in total. The molecule has 1 amide bonds. The van der Waals surface area contributed by atoms with Crippen molar-refractivity contribution in [1.82, 2.24) is 14.8 Å². The minimum Gasteiger partial charge on any atom is -0.506 e. The molecule has 0 spiro atoms. The van der Waals surface area contributed by atoms with Crippen LogP contribution in [0.4, 0.5) is 14.5 Å². The second-order valence-corrected chi connectivity index (χ2v) is 5.62. The number of pyridine rings is 1. The first-order valence-corrected chi connectivity index (χ1v) is 7.50. The summed E-state index contributed by atoms with van der Waals surface area (Å²) in [4.78, 5) is 16.3. The van der Waals surface area contributed by atoms with Crippen LogP contribution < -0.4 is 5.32 Å². The van der Waals surface area contributed by atoms with E-state index in [1.165, 1.54) is 24.5 Å². The average molecular weight is 334 g/mol. The predicted octanol–water partition coefficient (Wildman–Crippen LogP) is 3.61. The zero-order valence-corrected chi connectivity index (χ0v) is 12.9. The topological polar surface area (TPSA) is 80.0 Å². The monoisotopic (exact) mass is 334 g/mol. The standard InChI is InChI=1S/C16H16F2N4O2/c1-9-3-2-4-13(23)11-7-10(5-6-19-11)14-12(21-15(9)24)8-20-22(14)16(17)18/h4-9,16,23H,2-3H2,1H3,(H,21,24)/b13-4+. The van der Waals surface area contributed by atoms with E-state index in [-0.39, 0.29) is 34.7 Å². The van der Waals surface area contributed by atoms with Gasteiger partial charge in [-0.15, -0.1) is 0 Å². The van der Waals surface area contributed by atoms with Crippen LogP contribution in [0, 0.1) is 5.92 Å². The van der Waals surface area contributed by atoms with Crippen LogP contribution in [0.1, 0.15) is 32.0 Å². The summed E-state index contributed by atoms with van der Waals surface area (Å²) in [6.45, 7) is -1.13. The van der Waals surface area contributed by atoms with Crippen LogP contribution in [0.15, 0.2) is 30.6 Å². The molecule has 2 bridgehead atoms. The minimum absolute atomic E-state index is 0.0466. The van der Waals surface area contributed by atoms with Crippen molar-refractivity contribution in [2.45, 2.75) is 26.3 Å². The van der Waals surface area contributed by atoms with E-state index in [9.17, 15) is 18.7 Å². The Balaban J connectivity index is 2.20. The van der Waals surface area contributed by atoms with Gasteiger partial charge in [0.15, 0.2) is 0 Å². The summed E-state index contributed by atoms with van der Waals surface area (Å²) in [6.07, 6.45) is 5.19. The van der Waals surface area contributed by atoms with Gasteiger partial charge in [-0.25, -0.2) is 4.68 Å². The molecule has 1 aliphatic rings. The lowest BCUT2D eigenvalue weighted by Gasteiger charge is -2.14. The molecule has 1 atom stereocenters. The number of carbonyl (C=O) groups is 1. The molecule has 2 N–H and O–H groups in total. The van der Waals surface area contributed by atoms with Crippen LogP contribution in [0.3, 0.4) is 0 Å². The first-order chi connectivity index (χ1) is 11.5. The largest absolute Gasteiger partial charge is 0.506 e. The molecule has 3 rings (SSSR count). The van der Waals surface area contributed by atoms with Gasteiger partial charge in [-0.3, -0.25) is 9.78 Å². The lowest BCUT2D eigenvalue weighted by molar-refractivity contribution is -0.119. The van der Waals surface area contributed by atoms with Crippen molar-refractivity contribution in [1.29, 1.82) is 0 Å². The van der Waals surface area contributed by atoms with Gasteiger partial charge in [0.05, 0.1) is 17.6 Å². The number of nitrogens with one attached hydrogen (secondary N) is 1. The van der Waals surface area contributed by atoms with Crippen LogP contribution in [-0.2, 0) is 4.79 Å². The van der Waals surface area contributed by atoms with Crippen molar-refractivity contribution in [2.75, 3.05) is 5.32 Å². The van der Waals surface area contributed by atoms with Gasteiger partial charge in [0.1, 0.15) is 11.5 Å². The minimum atomic E-state index is -2.86. The van der Waals surface area contributed by atoms with E-state index in [4.69, 9.17) is 0 Å². The third-order valence-corrected chi connectivity index (χ3v) is 3.92. The van der Waals surface area contributed by atoms with Gasteiger partial charge in [0.25, 0.3) is 0 Å². The van der Waals surface area contributed by atoms with Crippen molar-refractivity contribution in [3.63, 3.8) is 0 Å². The number of allylic oxidation sites excluding steroid dienone is 1. The van der Waals surface area contributed by atoms with E-state index in [0.717, 1.165) is 0 Å². The number of hydrogen-bond acceptors (Lipinski definition) is 4. The van der Waals surface area contributed by atoms with E-state index >= 15 is 0 Å². The third-order valence-electron chi connectivity index (χ3n) is 3.92. The maximum atomic E-state index is 13.3. The van der Waals surface area contributed by atoms with Gasteiger partial charge in [-0.05, 0) is 31.1 Å². The first kappa shape index (κ1) is 16.1. The molecule has 0 radical (unpaired) electrons. The number of nitrogens with zero attached hydrogens (tertiary/aromatic N) is 3. The summed E-state index contributed by atoms with van der Waals surface area (Å²) >= 11 is 0. The second-order valence-electron chi connectivity index (χ2n) is 5.62. The number of aliphatic hydroxyl groups is 1. The average Bonchev–Trinajstić information content (AvgIpc) is 2.97.